The quantitative estimate of drug-likeness (QED) is 0.913. The molecule has 0 aromatic heterocycles. The average Bonchev–Trinajstić information content (AvgIpc) is 2.81. The highest BCUT2D eigenvalue weighted by Crippen LogP contribution is 2.21. The van der Waals surface area contributed by atoms with Crippen molar-refractivity contribution in [2.45, 2.75) is 6.42 Å². The van der Waals surface area contributed by atoms with Crippen LogP contribution < -0.4 is 5.32 Å². The summed E-state index contributed by atoms with van der Waals surface area (Å²) in [5, 5.41) is 3.11. The zero-order valence-corrected chi connectivity index (χ0v) is 11.0. The highest BCUT2D eigenvalue weighted by molar-refractivity contribution is 6.31. The molecule has 1 unspecified atom stereocenters. The number of nitrogens with one attached hydrogen (secondary N) is 1. The maximum atomic E-state index is 13.0. The van der Waals surface area contributed by atoms with Gasteiger partial charge in [-0.2, -0.15) is 0 Å². The van der Waals surface area contributed by atoms with Crippen molar-refractivity contribution in [3.05, 3.63) is 34.6 Å². The van der Waals surface area contributed by atoms with Gasteiger partial charge >= 0.3 is 0 Å². The molecule has 1 N–H and O–H groups in total. The van der Waals surface area contributed by atoms with Crippen molar-refractivity contribution in [2.24, 2.45) is 5.92 Å². The summed E-state index contributed by atoms with van der Waals surface area (Å²) in [6.07, 6.45) is 1.00. The normalized spacial score (nSPS) is 19.3. The number of hydrogen-bond donors (Lipinski definition) is 1. The van der Waals surface area contributed by atoms with Crippen molar-refractivity contribution < 1.29 is 9.18 Å². The molecule has 1 amide bonds. The Labute approximate surface area is 111 Å². The van der Waals surface area contributed by atoms with Crippen LogP contribution in [0.3, 0.4) is 0 Å². The Kier molecular flexibility index (Phi) is 4.19. The van der Waals surface area contributed by atoms with Gasteiger partial charge in [-0.1, -0.05) is 11.6 Å². The first-order valence-electron chi connectivity index (χ1n) is 6.00. The second kappa shape index (κ2) is 5.67. The van der Waals surface area contributed by atoms with Crippen LogP contribution in [0.25, 0.3) is 0 Å². The SMILES string of the molecule is CNCC1CCN(C(=O)c2ccc(F)c(Cl)c2)C1. The number of carbonyl (C=O) groups is 1. The van der Waals surface area contributed by atoms with Gasteiger partial charge in [0.1, 0.15) is 5.82 Å². The minimum absolute atomic E-state index is 0.00757. The molecule has 0 saturated carbocycles. The van der Waals surface area contributed by atoms with Crippen molar-refractivity contribution >= 4 is 17.5 Å². The average molecular weight is 271 g/mol. The molecule has 1 atom stereocenters. The van der Waals surface area contributed by atoms with Crippen LogP contribution in [0.15, 0.2) is 18.2 Å². The monoisotopic (exact) mass is 270 g/mol. The van der Waals surface area contributed by atoms with Gasteiger partial charge in [-0.3, -0.25) is 4.79 Å². The summed E-state index contributed by atoms with van der Waals surface area (Å²) in [4.78, 5) is 14.0. The molecular formula is C13H16ClFN2O. The molecule has 2 rings (SSSR count). The highest BCUT2D eigenvalue weighted by Gasteiger charge is 2.26. The molecule has 1 fully saturated rings. The number of nitrogens with zero attached hydrogens (tertiary/aromatic N) is 1. The maximum absolute atomic E-state index is 13.0. The Morgan fingerprint density at radius 2 is 2.39 bits per heavy atom. The molecular weight excluding hydrogens is 255 g/mol. The number of hydrogen-bond acceptors (Lipinski definition) is 2. The molecule has 1 heterocycles. The molecule has 0 spiro atoms. The van der Waals surface area contributed by atoms with Gasteiger partial charge < -0.3 is 10.2 Å². The lowest BCUT2D eigenvalue weighted by molar-refractivity contribution is 0.0787. The van der Waals surface area contributed by atoms with Crippen LogP contribution in [0.5, 0.6) is 0 Å². The lowest BCUT2D eigenvalue weighted by Crippen LogP contribution is -2.30. The van der Waals surface area contributed by atoms with Crippen molar-refractivity contribution in [1.29, 1.82) is 0 Å². The minimum Gasteiger partial charge on any atom is -0.338 e. The van der Waals surface area contributed by atoms with Crippen molar-refractivity contribution in [3.63, 3.8) is 0 Å². The first kappa shape index (κ1) is 13.3. The predicted octanol–water partition coefficient (Wildman–Crippen LogP) is 2.16. The van der Waals surface area contributed by atoms with Gasteiger partial charge in [0.25, 0.3) is 5.91 Å². The molecule has 1 saturated heterocycles. The number of benzene rings is 1. The Bertz CT molecular complexity index is 453. The fourth-order valence-electron chi connectivity index (χ4n) is 2.28. The van der Waals surface area contributed by atoms with E-state index in [1.165, 1.54) is 18.2 Å². The van der Waals surface area contributed by atoms with E-state index in [4.69, 9.17) is 11.6 Å². The summed E-state index contributed by atoms with van der Waals surface area (Å²) in [7, 11) is 1.91. The van der Waals surface area contributed by atoms with E-state index in [1.807, 2.05) is 7.05 Å². The van der Waals surface area contributed by atoms with Crippen LogP contribution >= 0.6 is 11.6 Å². The second-order valence-corrected chi connectivity index (χ2v) is 5.00. The topological polar surface area (TPSA) is 32.3 Å². The van der Waals surface area contributed by atoms with Gasteiger partial charge in [0, 0.05) is 18.7 Å². The third-order valence-electron chi connectivity index (χ3n) is 3.23. The van der Waals surface area contributed by atoms with Gasteiger partial charge in [0.05, 0.1) is 5.02 Å². The van der Waals surface area contributed by atoms with Crippen LogP contribution in [0.4, 0.5) is 4.39 Å². The van der Waals surface area contributed by atoms with Gasteiger partial charge in [-0.15, -0.1) is 0 Å². The summed E-state index contributed by atoms with van der Waals surface area (Å²) in [5.74, 6) is -0.0759. The van der Waals surface area contributed by atoms with Crippen molar-refractivity contribution in [1.82, 2.24) is 10.2 Å². The summed E-state index contributed by atoms with van der Waals surface area (Å²) in [6, 6.07) is 4.11. The summed E-state index contributed by atoms with van der Waals surface area (Å²) in [6.45, 7) is 2.41. The smallest absolute Gasteiger partial charge is 0.253 e. The Hall–Kier alpha value is -1.13. The predicted molar refractivity (Wildman–Crippen MR) is 69.3 cm³/mol. The third kappa shape index (κ3) is 2.82. The fraction of sp³-hybridized carbons (Fsp3) is 0.462. The Balaban J connectivity index is 2.05. The lowest BCUT2D eigenvalue weighted by atomic mass is 10.1. The molecule has 0 radical (unpaired) electrons. The van der Waals surface area contributed by atoms with Gasteiger partial charge in [0.15, 0.2) is 0 Å². The van der Waals surface area contributed by atoms with Crippen LogP contribution in [0.1, 0.15) is 16.8 Å². The number of halogens is 2. The number of amides is 1. The molecule has 0 bridgehead atoms. The summed E-state index contributed by atoms with van der Waals surface area (Å²) in [5.41, 5.74) is 0.450. The lowest BCUT2D eigenvalue weighted by Gasteiger charge is -2.16. The van der Waals surface area contributed by atoms with Crippen LogP contribution in [-0.2, 0) is 0 Å². The van der Waals surface area contributed by atoms with Gasteiger partial charge in [-0.05, 0) is 44.1 Å². The van der Waals surface area contributed by atoms with Crippen LogP contribution in [0, 0.1) is 11.7 Å². The van der Waals surface area contributed by atoms with Crippen LogP contribution in [0.2, 0.25) is 5.02 Å². The minimum atomic E-state index is -0.498. The number of likely N-dealkylation sites (tertiary alicyclic amines) is 1. The first-order valence-corrected chi connectivity index (χ1v) is 6.38. The fourth-order valence-corrected chi connectivity index (χ4v) is 2.46. The molecule has 1 aromatic carbocycles. The molecule has 1 aromatic rings. The molecule has 5 heteroatoms. The molecule has 3 nitrogen and oxygen atoms in total. The number of rotatable bonds is 3. The van der Waals surface area contributed by atoms with Crippen molar-refractivity contribution in [3.8, 4) is 0 Å². The van der Waals surface area contributed by atoms with E-state index < -0.39 is 5.82 Å². The largest absolute Gasteiger partial charge is 0.338 e. The van der Waals surface area contributed by atoms with E-state index >= 15 is 0 Å². The van der Waals surface area contributed by atoms with Crippen molar-refractivity contribution in [2.75, 3.05) is 26.7 Å². The van der Waals surface area contributed by atoms with E-state index in [9.17, 15) is 9.18 Å². The number of carbonyl (C=O) groups excluding carboxylic acids is 1. The zero-order chi connectivity index (χ0) is 13.1. The summed E-state index contributed by atoms with van der Waals surface area (Å²) >= 11 is 5.69. The van der Waals surface area contributed by atoms with Crippen LogP contribution in [-0.4, -0.2) is 37.5 Å². The second-order valence-electron chi connectivity index (χ2n) is 4.59. The van der Waals surface area contributed by atoms with E-state index in [0.717, 1.165) is 26.1 Å². The van der Waals surface area contributed by atoms with E-state index in [-0.39, 0.29) is 10.9 Å². The maximum Gasteiger partial charge on any atom is 0.253 e. The first-order chi connectivity index (χ1) is 8.61. The molecule has 1 aliphatic rings. The van der Waals surface area contributed by atoms with Gasteiger partial charge in [0.2, 0.25) is 0 Å². The standard InChI is InChI=1S/C13H16ClFN2O/c1-16-7-9-4-5-17(8-9)13(18)10-2-3-12(15)11(14)6-10/h2-3,6,9,16H,4-5,7-8H2,1H3. The Morgan fingerprint density at radius 1 is 1.61 bits per heavy atom. The highest BCUT2D eigenvalue weighted by atomic mass is 35.5. The molecule has 98 valence electrons. The summed E-state index contributed by atoms with van der Waals surface area (Å²) < 4.78 is 13.0. The van der Waals surface area contributed by atoms with E-state index in [0.29, 0.717) is 11.5 Å². The molecule has 1 aliphatic heterocycles. The third-order valence-corrected chi connectivity index (χ3v) is 3.52. The molecule has 18 heavy (non-hydrogen) atoms. The zero-order valence-electron chi connectivity index (χ0n) is 10.2. The Morgan fingerprint density at radius 3 is 3.06 bits per heavy atom. The van der Waals surface area contributed by atoms with E-state index in [2.05, 4.69) is 5.32 Å². The van der Waals surface area contributed by atoms with E-state index in [1.54, 1.807) is 4.90 Å². The van der Waals surface area contributed by atoms with Gasteiger partial charge in [-0.25, -0.2) is 4.39 Å². The molecule has 0 aliphatic carbocycles.